The molecule has 2 heterocycles. The highest BCUT2D eigenvalue weighted by Crippen LogP contribution is 2.10. The highest BCUT2D eigenvalue weighted by Gasteiger charge is 2.04. The largest absolute Gasteiger partial charge is 0.355 e. The molecule has 0 aliphatic rings. The summed E-state index contributed by atoms with van der Waals surface area (Å²) in [5.41, 5.74) is 0. The summed E-state index contributed by atoms with van der Waals surface area (Å²) >= 11 is 1.51. The van der Waals surface area contributed by atoms with Crippen LogP contribution < -0.4 is 5.32 Å². The molecule has 0 spiro atoms. The van der Waals surface area contributed by atoms with Gasteiger partial charge in [-0.15, -0.1) is 5.10 Å². The Balaban J connectivity index is 1.53. The number of carbonyl (C=O) groups excluding carboxylic acids is 1. The third-order valence-electron chi connectivity index (χ3n) is 2.49. The summed E-state index contributed by atoms with van der Waals surface area (Å²) in [6.07, 6.45) is 4.35. The van der Waals surface area contributed by atoms with Gasteiger partial charge in [-0.25, -0.2) is 9.67 Å². The Labute approximate surface area is 120 Å². The summed E-state index contributed by atoms with van der Waals surface area (Å²) < 4.78 is 3.31. The highest BCUT2D eigenvalue weighted by molar-refractivity contribution is 7.99. The number of tetrazole rings is 1. The van der Waals surface area contributed by atoms with Crippen LogP contribution >= 0.6 is 11.8 Å². The zero-order chi connectivity index (χ0) is 14.2. The standard InChI is InChI=1S/C10H16N8OS/c1-17-10(14-15-16-17)20-6-4-12-9(19)3-2-5-18-8-11-7-13-18/h7-8H,2-6H2,1H3,(H,12,19). The fourth-order valence-electron chi connectivity index (χ4n) is 1.51. The van der Waals surface area contributed by atoms with Crippen molar-refractivity contribution in [2.24, 2.45) is 7.05 Å². The van der Waals surface area contributed by atoms with E-state index in [-0.39, 0.29) is 5.91 Å². The number of aryl methyl sites for hydroxylation is 2. The van der Waals surface area contributed by atoms with Crippen molar-refractivity contribution < 1.29 is 4.79 Å². The van der Waals surface area contributed by atoms with Crippen molar-refractivity contribution in [2.45, 2.75) is 24.5 Å². The summed E-state index contributed by atoms with van der Waals surface area (Å²) in [5.74, 6) is 0.782. The minimum absolute atomic E-state index is 0.0433. The van der Waals surface area contributed by atoms with Crippen molar-refractivity contribution in [2.75, 3.05) is 12.3 Å². The Kier molecular flexibility index (Phi) is 5.47. The predicted molar refractivity (Wildman–Crippen MR) is 71.8 cm³/mol. The monoisotopic (exact) mass is 296 g/mol. The number of rotatable bonds is 8. The molecule has 0 unspecified atom stereocenters. The van der Waals surface area contributed by atoms with Gasteiger partial charge in [0.1, 0.15) is 12.7 Å². The lowest BCUT2D eigenvalue weighted by molar-refractivity contribution is -0.121. The summed E-state index contributed by atoms with van der Waals surface area (Å²) in [6.45, 7) is 1.30. The molecule has 108 valence electrons. The van der Waals surface area contributed by atoms with Crippen LogP contribution in [0.1, 0.15) is 12.8 Å². The maximum Gasteiger partial charge on any atom is 0.220 e. The van der Waals surface area contributed by atoms with Gasteiger partial charge in [0.2, 0.25) is 11.1 Å². The molecule has 0 fully saturated rings. The maximum atomic E-state index is 11.6. The Morgan fingerprint density at radius 1 is 1.50 bits per heavy atom. The molecule has 10 heteroatoms. The lowest BCUT2D eigenvalue weighted by atomic mass is 10.3. The molecule has 0 aliphatic heterocycles. The molecule has 2 aromatic heterocycles. The zero-order valence-corrected chi connectivity index (χ0v) is 12.0. The van der Waals surface area contributed by atoms with E-state index >= 15 is 0 Å². The van der Waals surface area contributed by atoms with Crippen molar-refractivity contribution in [3.8, 4) is 0 Å². The maximum absolute atomic E-state index is 11.6. The van der Waals surface area contributed by atoms with Crippen molar-refractivity contribution in [3.05, 3.63) is 12.7 Å². The SMILES string of the molecule is Cn1nnnc1SCCNC(=O)CCCn1cncn1. The third-order valence-corrected chi connectivity index (χ3v) is 3.51. The second-order valence-corrected chi connectivity index (χ2v) is 5.11. The fraction of sp³-hybridized carbons (Fsp3) is 0.600. The molecular weight excluding hydrogens is 280 g/mol. The van der Waals surface area contributed by atoms with Gasteiger partial charge < -0.3 is 5.32 Å². The first-order chi connectivity index (χ1) is 9.75. The van der Waals surface area contributed by atoms with Crippen LogP contribution in [0.15, 0.2) is 17.8 Å². The van der Waals surface area contributed by atoms with Gasteiger partial charge >= 0.3 is 0 Å². The molecule has 0 bridgehead atoms. The van der Waals surface area contributed by atoms with E-state index in [4.69, 9.17) is 0 Å². The molecule has 1 amide bonds. The normalized spacial score (nSPS) is 10.7. The van der Waals surface area contributed by atoms with Gasteiger partial charge in [-0.1, -0.05) is 11.8 Å². The highest BCUT2D eigenvalue weighted by atomic mass is 32.2. The molecule has 2 aromatic rings. The molecule has 2 rings (SSSR count). The smallest absolute Gasteiger partial charge is 0.220 e. The first-order valence-electron chi connectivity index (χ1n) is 6.20. The Morgan fingerprint density at radius 2 is 2.40 bits per heavy atom. The summed E-state index contributed by atoms with van der Waals surface area (Å²) in [5, 5.41) is 18.7. The number of amides is 1. The van der Waals surface area contributed by atoms with Crippen LogP contribution in [0.2, 0.25) is 0 Å². The second-order valence-electron chi connectivity index (χ2n) is 4.05. The van der Waals surface area contributed by atoms with E-state index in [0.717, 1.165) is 17.3 Å². The van der Waals surface area contributed by atoms with E-state index in [0.29, 0.717) is 19.5 Å². The number of hydrogen-bond donors (Lipinski definition) is 1. The van der Waals surface area contributed by atoms with Crippen LogP contribution in [0, 0.1) is 0 Å². The van der Waals surface area contributed by atoms with Gasteiger partial charge in [-0.2, -0.15) is 5.10 Å². The van der Waals surface area contributed by atoms with Crippen molar-refractivity contribution in [1.82, 2.24) is 40.3 Å². The number of nitrogens with zero attached hydrogens (tertiary/aromatic N) is 7. The quantitative estimate of drug-likeness (QED) is 0.517. The van der Waals surface area contributed by atoms with Crippen LogP contribution in [-0.4, -0.2) is 53.2 Å². The summed E-state index contributed by atoms with van der Waals surface area (Å²) in [6, 6.07) is 0. The van der Waals surface area contributed by atoms with Gasteiger partial charge in [-0.05, 0) is 16.8 Å². The number of nitrogens with one attached hydrogen (secondary N) is 1. The van der Waals surface area contributed by atoms with E-state index in [9.17, 15) is 4.79 Å². The van der Waals surface area contributed by atoms with Crippen LogP contribution in [0.5, 0.6) is 0 Å². The van der Waals surface area contributed by atoms with Crippen LogP contribution in [0.25, 0.3) is 0 Å². The molecule has 0 radical (unpaired) electrons. The lowest BCUT2D eigenvalue weighted by Gasteiger charge is -2.04. The molecule has 0 saturated carbocycles. The minimum atomic E-state index is 0.0433. The van der Waals surface area contributed by atoms with Crippen molar-refractivity contribution in [1.29, 1.82) is 0 Å². The molecular formula is C10H16N8OS. The molecule has 1 N–H and O–H groups in total. The van der Waals surface area contributed by atoms with Crippen LogP contribution in [0.3, 0.4) is 0 Å². The second kappa shape index (κ2) is 7.58. The number of aromatic nitrogens is 7. The first-order valence-corrected chi connectivity index (χ1v) is 7.18. The Hall–Kier alpha value is -1.97. The third kappa shape index (κ3) is 4.61. The van der Waals surface area contributed by atoms with Gasteiger partial charge in [0.25, 0.3) is 0 Å². The predicted octanol–water partition coefficient (Wildman–Crippen LogP) is -0.510. The van der Waals surface area contributed by atoms with Crippen LogP contribution in [0.4, 0.5) is 0 Å². The van der Waals surface area contributed by atoms with E-state index in [1.165, 1.54) is 18.1 Å². The van der Waals surface area contributed by atoms with Gasteiger partial charge in [-0.3, -0.25) is 9.48 Å². The molecule has 0 aromatic carbocycles. The molecule has 20 heavy (non-hydrogen) atoms. The molecule has 0 atom stereocenters. The molecule has 0 saturated heterocycles. The first kappa shape index (κ1) is 14.4. The summed E-state index contributed by atoms with van der Waals surface area (Å²) in [4.78, 5) is 15.4. The summed E-state index contributed by atoms with van der Waals surface area (Å²) in [7, 11) is 1.78. The number of hydrogen-bond acceptors (Lipinski definition) is 7. The van der Waals surface area contributed by atoms with E-state index < -0.39 is 0 Å². The van der Waals surface area contributed by atoms with Gasteiger partial charge in [0.05, 0.1) is 0 Å². The van der Waals surface area contributed by atoms with Crippen LogP contribution in [-0.2, 0) is 18.4 Å². The average Bonchev–Trinajstić information content (AvgIpc) is 3.07. The Bertz CT molecular complexity index is 525. The number of thioether (sulfide) groups is 1. The van der Waals surface area contributed by atoms with E-state index in [1.54, 1.807) is 22.7 Å². The topological polar surface area (TPSA) is 103 Å². The zero-order valence-electron chi connectivity index (χ0n) is 11.1. The van der Waals surface area contributed by atoms with Gasteiger partial charge in [0.15, 0.2) is 0 Å². The van der Waals surface area contributed by atoms with E-state index in [1.807, 2.05) is 0 Å². The van der Waals surface area contributed by atoms with E-state index in [2.05, 4.69) is 30.9 Å². The average molecular weight is 296 g/mol. The fourth-order valence-corrected chi connectivity index (χ4v) is 2.22. The number of carbonyl (C=O) groups is 1. The molecule has 9 nitrogen and oxygen atoms in total. The Morgan fingerprint density at radius 3 is 3.10 bits per heavy atom. The van der Waals surface area contributed by atoms with Crippen molar-refractivity contribution >= 4 is 17.7 Å². The lowest BCUT2D eigenvalue weighted by Crippen LogP contribution is -2.25. The van der Waals surface area contributed by atoms with Gasteiger partial charge in [0, 0.05) is 32.3 Å². The molecule has 0 aliphatic carbocycles. The minimum Gasteiger partial charge on any atom is -0.355 e. The van der Waals surface area contributed by atoms with Crippen molar-refractivity contribution in [3.63, 3.8) is 0 Å².